The number of ether oxygens (including phenoxy) is 2. The lowest BCUT2D eigenvalue weighted by molar-refractivity contribution is 0.281. The van der Waals surface area contributed by atoms with E-state index in [2.05, 4.69) is 50.0 Å². The molecule has 3 aromatic carbocycles. The first-order chi connectivity index (χ1) is 14.5. The maximum Gasteiger partial charge on any atom is 0.165 e. The smallest absolute Gasteiger partial charge is 0.165 e. The van der Waals surface area contributed by atoms with E-state index >= 15 is 0 Å². The number of aryl methyl sites for hydroxylation is 2. The molecule has 0 heterocycles. The molecule has 0 fully saturated rings. The van der Waals surface area contributed by atoms with Crippen molar-refractivity contribution in [3.63, 3.8) is 0 Å². The lowest BCUT2D eigenvalue weighted by Crippen LogP contribution is -2.05. The third-order valence-corrected chi connectivity index (χ3v) is 4.92. The van der Waals surface area contributed by atoms with Crippen LogP contribution in [-0.2, 0) is 19.6 Å². The third kappa shape index (κ3) is 5.41. The topological polar surface area (TPSA) is 30.5 Å². The van der Waals surface area contributed by atoms with Crippen molar-refractivity contribution in [2.45, 2.75) is 33.4 Å². The van der Waals surface area contributed by atoms with Gasteiger partial charge in [0.2, 0.25) is 0 Å². The zero-order valence-electron chi connectivity index (χ0n) is 17.8. The van der Waals surface area contributed by atoms with Gasteiger partial charge in [-0.3, -0.25) is 0 Å². The SMILES string of the molecule is C=CCc1cc(CNc2cc(C)ccc2C)cc(OC)c1OCc1cccc(F)c1. The maximum atomic E-state index is 13.5. The fraction of sp³-hybridized carbons (Fsp3) is 0.231. The van der Waals surface area contributed by atoms with Crippen LogP contribution < -0.4 is 14.8 Å². The van der Waals surface area contributed by atoms with E-state index in [4.69, 9.17) is 9.47 Å². The molecule has 30 heavy (non-hydrogen) atoms. The Balaban J connectivity index is 1.83. The van der Waals surface area contributed by atoms with Crippen LogP contribution in [0.4, 0.5) is 10.1 Å². The van der Waals surface area contributed by atoms with Crippen LogP contribution in [0.15, 0.2) is 67.3 Å². The molecule has 0 aliphatic heterocycles. The molecule has 3 aromatic rings. The van der Waals surface area contributed by atoms with Crippen molar-refractivity contribution in [3.8, 4) is 11.5 Å². The van der Waals surface area contributed by atoms with E-state index in [9.17, 15) is 4.39 Å². The summed E-state index contributed by atoms with van der Waals surface area (Å²) in [5.41, 5.74) is 6.37. The summed E-state index contributed by atoms with van der Waals surface area (Å²) in [7, 11) is 1.63. The number of nitrogens with one attached hydrogen (secondary N) is 1. The van der Waals surface area contributed by atoms with Crippen molar-refractivity contribution in [1.82, 2.24) is 0 Å². The van der Waals surface area contributed by atoms with Gasteiger partial charge in [-0.2, -0.15) is 0 Å². The van der Waals surface area contributed by atoms with E-state index in [1.807, 2.05) is 18.2 Å². The van der Waals surface area contributed by atoms with Gasteiger partial charge < -0.3 is 14.8 Å². The average molecular weight is 406 g/mol. The second-order valence-corrected chi connectivity index (χ2v) is 7.37. The van der Waals surface area contributed by atoms with Crippen molar-refractivity contribution in [1.29, 1.82) is 0 Å². The summed E-state index contributed by atoms with van der Waals surface area (Å²) in [5.74, 6) is 1.04. The van der Waals surface area contributed by atoms with Gasteiger partial charge >= 0.3 is 0 Å². The van der Waals surface area contributed by atoms with E-state index in [0.717, 1.165) is 22.4 Å². The Morgan fingerprint density at radius 2 is 1.87 bits per heavy atom. The summed E-state index contributed by atoms with van der Waals surface area (Å²) < 4.78 is 25.1. The Bertz CT molecular complexity index is 1030. The molecule has 0 atom stereocenters. The number of anilines is 1. The van der Waals surface area contributed by atoms with Gasteiger partial charge in [-0.05, 0) is 72.9 Å². The van der Waals surface area contributed by atoms with Gasteiger partial charge in [0.25, 0.3) is 0 Å². The van der Waals surface area contributed by atoms with E-state index in [-0.39, 0.29) is 12.4 Å². The first-order valence-electron chi connectivity index (χ1n) is 9.99. The van der Waals surface area contributed by atoms with Crippen molar-refractivity contribution in [3.05, 3.63) is 101 Å². The van der Waals surface area contributed by atoms with Crippen LogP contribution in [0.1, 0.15) is 27.8 Å². The Morgan fingerprint density at radius 3 is 2.60 bits per heavy atom. The van der Waals surface area contributed by atoms with Crippen LogP contribution >= 0.6 is 0 Å². The van der Waals surface area contributed by atoms with Crippen molar-refractivity contribution in [2.75, 3.05) is 12.4 Å². The molecule has 0 unspecified atom stereocenters. The summed E-state index contributed by atoms with van der Waals surface area (Å²) in [4.78, 5) is 0. The molecule has 1 N–H and O–H groups in total. The summed E-state index contributed by atoms with van der Waals surface area (Å²) in [5, 5.41) is 3.51. The van der Waals surface area contributed by atoms with Gasteiger partial charge in [0.05, 0.1) is 7.11 Å². The molecule has 0 radical (unpaired) electrons. The highest BCUT2D eigenvalue weighted by Crippen LogP contribution is 2.34. The highest BCUT2D eigenvalue weighted by molar-refractivity contribution is 5.55. The van der Waals surface area contributed by atoms with Crippen LogP contribution in [0, 0.1) is 19.7 Å². The molecule has 156 valence electrons. The van der Waals surface area contributed by atoms with E-state index < -0.39 is 0 Å². The fourth-order valence-corrected chi connectivity index (χ4v) is 3.35. The normalized spacial score (nSPS) is 10.5. The first kappa shape index (κ1) is 21.4. The zero-order chi connectivity index (χ0) is 21.5. The van der Waals surface area contributed by atoms with Crippen molar-refractivity contribution < 1.29 is 13.9 Å². The van der Waals surface area contributed by atoms with Gasteiger partial charge in [0.15, 0.2) is 11.5 Å². The second kappa shape index (κ2) is 9.97. The highest BCUT2D eigenvalue weighted by atomic mass is 19.1. The quantitative estimate of drug-likeness (QED) is 0.420. The molecule has 4 heteroatoms. The molecular weight excluding hydrogens is 377 g/mol. The predicted molar refractivity (Wildman–Crippen MR) is 121 cm³/mol. The van der Waals surface area contributed by atoms with Gasteiger partial charge in [-0.25, -0.2) is 4.39 Å². The van der Waals surface area contributed by atoms with Gasteiger partial charge in [-0.15, -0.1) is 6.58 Å². The second-order valence-electron chi connectivity index (χ2n) is 7.37. The van der Waals surface area contributed by atoms with E-state index in [1.54, 1.807) is 13.2 Å². The van der Waals surface area contributed by atoms with E-state index in [0.29, 0.717) is 24.5 Å². The minimum Gasteiger partial charge on any atom is -0.493 e. The Morgan fingerprint density at radius 1 is 1.03 bits per heavy atom. The molecular formula is C26H28FNO2. The molecule has 0 bridgehead atoms. The molecule has 3 rings (SSSR count). The number of benzene rings is 3. The van der Waals surface area contributed by atoms with Gasteiger partial charge in [0, 0.05) is 17.8 Å². The molecule has 0 saturated heterocycles. The van der Waals surface area contributed by atoms with Crippen LogP contribution in [0.5, 0.6) is 11.5 Å². The monoisotopic (exact) mass is 405 g/mol. The molecule has 3 nitrogen and oxygen atoms in total. The maximum absolute atomic E-state index is 13.5. The number of halogens is 1. The standard InChI is InChI=1S/C26H28FNO2/c1-5-7-22-13-21(16-28-24-12-18(2)10-11-19(24)3)15-25(29-4)26(22)30-17-20-8-6-9-23(27)14-20/h5-6,8-15,28H,1,7,16-17H2,2-4H3. The molecule has 0 aliphatic carbocycles. The Kier molecular flexibility index (Phi) is 7.12. The van der Waals surface area contributed by atoms with Crippen LogP contribution in [0.2, 0.25) is 0 Å². The number of allylic oxidation sites excluding steroid dienone is 1. The fourth-order valence-electron chi connectivity index (χ4n) is 3.35. The summed E-state index contributed by atoms with van der Waals surface area (Å²) in [6.45, 7) is 8.97. The van der Waals surface area contributed by atoms with Crippen LogP contribution in [0.3, 0.4) is 0 Å². The van der Waals surface area contributed by atoms with Crippen LogP contribution in [0.25, 0.3) is 0 Å². The summed E-state index contributed by atoms with van der Waals surface area (Å²) >= 11 is 0. The van der Waals surface area contributed by atoms with E-state index in [1.165, 1.54) is 23.3 Å². The minimum atomic E-state index is -0.276. The van der Waals surface area contributed by atoms with Gasteiger partial charge in [-0.1, -0.05) is 30.3 Å². The predicted octanol–water partition coefficient (Wildman–Crippen LogP) is 6.37. The molecule has 0 saturated carbocycles. The largest absolute Gasteiger partial charge is 0.493 e. The summed E-state index contributed by atoms with van der Waals surface area (Å²) in [6, 6.07) is 16.9. The van der Waals surface area contributed by atoms with Crippen LogP contribution in [-0.4, -0.2) is 7.11 Å². The Hall–Kier alpha value is -3.27. The van der Waals surface area contributed by atoms with Crippen molar-refractivity contribution >= 4 is 5.69 Å². The first-order valence-corrected chi connectivity index (χ1v) is 9.99. The lowest BCUT2D eigenvalue weighted by Gasteiger charge is -2.18. The lowest BCUT2D eigenvalue weighted by atomic mass is 10.0. The molecule has 0 spiro atoms. The Labute approximate surface area is 178 Å². The highest BCUT2D eigenvalue weighted by Gasteiger charge is 2.13. The summed E-state index contributed by atoms with van der Waals surface area (Å²) in [6.07, 6.45) is 2.48. The number of methoxy groups -OCH3 is 1. The number of rotatable bonds is 9. The zero-order valence-corrected chi connectivity index (χ0v) is 17.8. The number of hydrogen-bond acceptors (Lipinski definition) is 3. The minimum absolute atomic E-state index is 0.262. The third-order valence-electron chi connectivity index (χ3n) is 4.92. The van der Waals surface area contributed by atoms with Gasteiger partial charge in [0.1, 0.15) is 12.4 Å². The molecule has 0 aliphatic rings. The van der Waals surface area contributed by atoms with Crippen molar-refractivity contribution in [2.24, 2.45) is 0 Å². The average Bonchev–Trinajstić information content (AvgIpc) is 2.73. The molecule has 0 amide bonds. The number of hydrogen-bond donors (Lipinski definition) is 1. The molecule has 0 aromatic heterocycles.